The van der Waals surface area contributed by atoms with E-state index in [0.29, 0.717) is 56.8 Å². The number of carbonyl (C=O) groups excluding carboxylic acids is 4. The van der Waals surface area contributed by atoms with Crippen molar-refractivity contribution in [3.8, 4) is 11.5 Å². The van der Waals surface area contributed by atoms with E-state index in [-0.39, 0.29) is 51.2 Å². The van der Waals surface area contributed by atoms with Gasteiger partial charge in [0.25, 0.3) is 5.91 Å². The van der Waals surface area contributed by atoms with E-state index in [1.54, 1.807) is 0 Å². The molecule has 0 spiro atoms. The maximum atomic E-state index is 14.5. The fourth-order valence-corrected chi connectivity index (χ4v) is 11.3. The van der Waals surface area contributed by atoms with Gasteiger partial charge in [-0.05, 0) is 68.2 Å². The molecule has 2 saturated carbocycles. The smallest absolute Gasteiger partial charge is 0.410 e. The minimum absolute atomic E-state index is 0.0754. The SMILES string of the molecule is O=C1N[C@]2(C(=O)NS(=O)(=O)C3CC3)C[C@H]2/C=C\CCCCC[C@H](N2CCCS2(=O)=O)C(=O)N2C[C@H](OC(=O)N3Cc4cc5c(cc4C3)OCCO5)C[C@@H]12. The summed E-state index contributed by atoms with van der Waals surface area (Å²) >= 11 is 0. The summed E-state index contributed by atoms with van der Waals surface area (Å²) in [4.78, 5) is 58.8. The predicted molar refractivity (Wildman–Crippen MR) is 187 cm³/mol. The minimum atomic E-state index is -3.92. The summed E-state index contributed by atoms with van der Waals surface area (Å²) in [5.41, 5.74) is 0.217. The van der Waals surface area contributed by atoms with E-state index in [2.05, 4.69) is 10.0 Å². The zero-order valence-corrected chi connectivity index (χ0v) is 31.0. The fraction of sp³-hybridized carbons (Fsp3) is 0.657. The van der Waals surface area contributed by atoms with E-state index < -0.39 is 78.8 Å². The molecule has 5 aliphatic heterocycles. The minimum Gasteiger partial charge on any atom is -0.486 e. The average molecular weight is 776 g/mol. The number of sulfonamides is 2. The van der Waals surface area contributed by atoms with Crippen LogP contribution in [0.4, 0.5) is 4.79 Å². The van der Waals surface area contributed by atoms with Crippen molar-refractivity contribution < 1.29 is 50.2 Å². The molecular weight excluding hydrogens is 731 g/mol. The first-order valence-corrected chi connectivity index (χ1v) is 21.7. The summed E-state index contributed by atoms with van der Waals surface area (Å²) in [6, 6.07) is 1.43. The average Bonchev–Trinajstić information content (AvgIpc) is 3.96. The maximum absolute atomic E-state index is 14.5. The van der Waals surface area contributed by atoms with Gasteiger partial charge in [0, 0.05) is 32.0 Å². The molecular formula is C35H45N5O11S2. The van der Waals surface area contributed by atoms with E-state index in [0.717, 1.165) is 24.0 Å². The molecule has 0 unspecified atom stereocenters. The molecule has 4 fully saturated rings. The fourth-order valence-electron chi connectivity index (χ4n) is 8.25. The second kappa shape index (κ2) is 13.7. The van der Waals surface area contributed by atoms with Gasteiger partial charge >= 0.3 is 6.09 Å². The maximum Gasteiger partial charge on any atom is 0.410 e. The first kappa shape index (κ1) is 36.1. The molecule has 1 aromatic carbocycles. The highest BCUT2D eigenvalue weighted by Crippen LogP contribution is 2.46. The van der Waals surface area contributed by atoms with Gasteiger partial charge in [-0.25, -0.2) is 21.6 Å². The number of carbonyl (C=O) groups is 4. The Morgan fingerprint density at radius 1 is 0.962 bits per heavy atom. The van der Waals surface area contributed by atoms with Gasteiger partial charge in [-0.2, -0.15) is 4.31 Å². The standard InChI is InChI=1S/C35H45N5O11S2/c41-31-28-17-25(51-34(44)38-19-22-15-29-30(16-23(22)20-38)50-13-12-49-29)21-39(28)32(42)27(40-11-6-14-52(40,45)46)8-5-3-1-2-4-7-24-18-35(24,36-31)33(43)37-53(47,48)26-9-10-26/h4,7,15-16,24-28H,1-3,5-6,8-14,17-21H2,(H,36,41)(H,37,43)/b7-4-/t24-,25-,27+,28+,35-/m1/s1. The van der Waals surface area contributed by atoms with Crippen LogP contribution in [0.15, 0.2) is 24.3 Å². The normalized spacial score (nSPS) is 32.0. The lowest BCUT2D eigenvalue weighted by Crippen LogP contribution is -2.58. The molecule has 0 radical (unpaired) electrons. The molecule has 1 aromatic rings. The number of ether oxygens (including phenoxy) is 3. The van der Waals surface area contributed by atoms with E-state index in [9.17, 15) is 36.0 Å². The van der Waals surface area contributed by atoms with E-state index in [1.165, 1.54) is 14.1 Å². The molecule has 2 N–H and O–H groups in total. The van der Waals surface area contributed by atoms with Crippen molar-refractivity contribution >= 4 is 43.9 Å². The van der Waals surface area contributed by atoms with Crippen LogP contribution in [0.1, 0.15) is 75.3 Å². The zero-order chi connectivity index (χ0) is 37.1. The first-order valence-electron chi connectivity index (χ1n) is 18.6. The Morgan fingerprint density at radius 3 is 2.34 bits per heavy atom. The Balaban J connectivity index is 1.05. The first-order chi connectivity index (χ1) is 25.3. The molecule has 0 aromatic heterocycles. The number of hydrogen-bond acceptors (Lipinski definition) is 11. The number of nitrogens with zero attached hydrogens (tertiary/aromatic N) is 3. The van der Waals surface area contributed by atoms with Crippen LogP contribution in [0.5, 0.6) is 11.5 Å². The lowest BCUT2D eigenvalue weighted by Gasteiger charge is -2.32. The summed E-state index contributed by atoms with van der Waals surface area (Å²) < 4.78 is 72.6. The number of amides is 4. The van der Waals surface area contributed by atoms with Crippen molar-refractivity contribution in [2.75, 3.05) is 32.1 Å². The Bertz CT molecular complexity index is 1920. The van der Waals surface area contributed by atoms with Gasteiger partial charge in [-0.15, -0.1) is 0 Å². The number of nitrogens with one attached hydrogen (secondary N) is 2. The summed E-state index contributed by atoms with van der Waals surface area (Å²) in [5.74, 6) is -1.43. The number of rotatable bonds is 5. The monoisotopic (exact) mass is 775 g/mol. The molecule has 18 heteroatoms. The zero-order valence-electron chi connectivity index (χ0n) is 29.4. The highest BCUT2D eigenvalue weighted by molar-refractivity contribution is 7.91. The predicted octanol–water partition coefficient (Wildman–Crippen LogP) is 1.29. The summed E-state index contributed by atoms with van der Waals surface area (Å²) in [7, 11) is -7.63. The number of benzene rings is 1. The molecule has 7 aliphatic rings. The second-order valence-corrected chi connectivity index (χ2v) is 19.2. The van der Waals surface area contributed by atoms with Crippen LogP contribution in [-0.2, 0) is 52.3 Å². The quantitative estimate of drug-likeness (QED) is 0.409. The lowest BCUT2D eigenvalue weighted by molar-refractivity contribution is -0.142. The molecule has 16 nitrogen and oxygen atoms in total. The van der Waals surface area contributed by atoms with Gasteiger partial charge in [0.05, 0.1) is 17.5 Å². The number of fused-ring (bicyclic) bond motifs is 4. The number of allylic oxidation sites excluding steroid dienone is 1. The van der Waals surface area contributed by atoms with Crippen molar-refractivity contribution in [1.82, 2.24) is 24.1 Å². The van der Waals surface area contributed by atoms with Crippen molar-refractivity contribution in [3.63, 3.8) is 0 Å². The third-order valence-electron chi connectivity index (χ3n) is 11.4. The molecule has 5 atom stereocenters. The van der Waals surface area contributed by atoms with E-state index >= 15 is 0 Å². The summed E-state index contributed by atoms with van der Waals surface area (Å²) in [5, 5.41) is 2.16. The Kier molecular flexibility index (Phi) is 9.36. The summed E-state index contributed by atoms with van der Waals surface area (Å²) in [6.07, 6.45) is 6.50. The highest BCUT2D eigenvalue weighted by Gasteiger charge is 2.62. The molecule has 4 amide bonds. The molecule has 53 heavy (non-hydrogen) atoms. The van der Waals surface area contributed by atoms with E-state index in [1.807, 2.05) is 24.3 Å². The van der Waals surface area contributed by atoms with Crippen LogP contribution in [0.3, 0.4) is 0 Å². The third kappa shape index (κ3) is 7.09. The Hall–Kier alpha value is -3.90. The third-order valence-corrected chi connectivity index (χ3v) is 15.2. The molecule has 8 rings (SSSR count). The summed E-state index contributed by atoms with van der Waals surface area (Å²) in [6.45, 7) is 1.39. The molecule has 5 heterocycles. The van der Waals surface area contributed by atoms with Crippen molar-refractivity contribution in [2.24, 2.45) is 5.92 Å². The molecule has 0 bridgehead atoms. The van der Waals surface area contributed by atoms with Crippen molar-refractivity contribution in [3.05, 3.63) is 35.4 Å². The van der Waals surface area contributed by atoms with Crippen molar-refractivity contribution in [2.45, 2.75) is 106 Å². The number of hydrogen-bond donors (Lipinski definition) is 2. The van der Waals surface area contributed by atoms with Crippen LogP contribution < -0.4 is 19.5 Å². The van der Waals surface area contributed by atoms with Gasteiger partial charge < -0.3 is 24.4 Å². The largest absolute Gasteiger partial charge is 0.486 e. The van der Waals surface area contributed by atoms with Crippen LogP contribution >= 0.6 is 0 Å². The van der Waals surface area contributed by atoms with Crippen LogP contribution in [0, 0.1) is 5.92 Å². The van der Waals surface area contributed by atoms with Gasteiger partial charge in [0.2, 0.25) is 31.9 Å². The van der Waals surface area contributed by atoms with Gasteiger partial charge in [-0.3, -0.25) is 24.0 Å². The Morgan fingerprint density at radius 2 is 1.68 bits per heavy atom. The van der Waals surface area contributed by atoms with Gasteiger partial charge in [-0.1, -0.05) is 25.0 Å². The van der Waals surface area contributed by atoms with Crippen LogP contribution in [-0.4, -0.2) is 116 Å². The lowest BCUT2D eigenvalue weighted by atomic mass is 10.0. The second-order valence-electron chi connectivity index (χ2n) is 15.2. The van der Waals surface area contributed by atoms with Gasteiger partial charge in [0.15, 0.2) is 11.5 Å². The Labute approximate surface area is 308 Å². The van der Waals surface area contributed by atoms with E-state index in [4.69, 9.17) is 14.2 Å². The molecule has 2 aliphatic carbocycles. The molecule has 2 saturated heterocycles. The van der Waals surface area contributed by atoms with Crippen LogP contribution in [0.2, 0.25) is 0 Å². The topological polar surface area (TPSA) is 198 Å². The highest BCUT2D eigenvalue weighted by atomic mass is 32.2. The van der Waals surface area contributed by atoms with Gasteiger partial charge in [0.1, 0.15) is 36.9 Å². The molecule has 288 valence electrons. The van der Waals surface area contributed by atoms with Crippen molar-refractivity contribution in [1.29, 1.82) is 0 Å². The van der Waals surface area contributed by atoms with Crippen LogP contribution in [0.25, 0.3) is 0 Å².